The van der Waals surface area contributed by atoms with Crippen LogP contribution in [0, 0.1) is 6.92 Å². The molecule has 1 aromatic heterocycles. The highest BCUT2D eigenvalue weighted by Crippen LogP contribution is 2.19. The predicted molar refractivity (Wildman–Crippen MR) is 68.8 cm³/mol. The molecule has 0 saturated heterocycles. The van der Waals surface area contributed by atoms with Crippen LogP contribution in [-0.2, 0) is 11.2 Å². The largest absolute Gasteiger partial charge is 0.295 e. The molecular weight excluding hydrogens is 252 g/mol. The summed E-state index contributed by atoms with van der Waals surface area (Å²) in [5, 5.41) is 6.00. The molecule has 0 aliphatic carbocycles. The minimum atomic E-state index is -0.270. The molecule has 0 saturated carbocycles. The summed E-state index contributed by atoms with van der Waals surface area (Å²) in [5.41, 5.74) is 0.714. The number of hydrogen-bond donors (Lipinski definition) is 2. The van der Waals surface area contributed by atoms with E-state index in [1.807, 2.05) is 0 Å². The highest BCUT2D eigenvalue weighted by molar-refractivity contribution is 7.13. The predicted octanol–water partition coefficient (Wildman–Crippen LogP) is 0.620. The monoisotopic (exact) mass is 266 g/mol. The molecule has 18 heavy (non-hydrogen) atoms. The average Bonchev–Trinajstić information content (AvgIpc) is 2.86. The topological polar surface area (TPSA) is 83.5 Å². The Morgan fingerprint density at radius 1 is 1.56 bits per heavy atom. The van der Waals surface area contributed by atoms with Gasteiger partial charge in [-0.3, -0.25) is 20.2 Å². The number of nitrogens with one attached hydrogen (secondary N) is 2. The summed E-state index contributed by atoms with van der Waals surface area (Å²) in [6.07, 6.45) is 1.87. The lowest BCUT2D eigenvalue weighted by atomic mass is 10.3. The van der Waals surface area contributed by atoms with E-state index in [-0.39, 0.29) is 24.3 Å². The summed E-state index contributed by atoms with van der Waals surface area (Å²) >= 11 is 1.39. The molecule has 2 rings (SSSR count). The maximum absolute atomic E-state index is 12.0. The van der Waals surface area contributed by atoms with Gasteiger partial charge in [-0.25, -0.2) is 9.98 Å². The maximum atomic E-state index is 12.0. The molecular formula is C11H14N4O2S. The zero-order valence-electron chi connectivity index (χ0n) is 10.2. The van der Waals surface area contributed by atoms with Crippen LogP contribution < -0.4 is 10.6 Å². The van der Waals surface area contributed by atoms with Gasteiger partial charge in [0.15, 0.2) is 0 Å². The summed E-state index contributed by atoms with van der Waals surface area (Å²) in [4.78, 5) is 31.7. The smallest absolute Gasteiger partial charge is 0.269 e. The molecule has 1 aliphatic rings. The Bertz CT molecular complexity index is 521. The van der Waals surface area contributed by atoms with Crippen molar-refractivity contribution in [2.45, 2.75) is 26.7 Å². The molecule has 6 nitrogen and oxygen atoms in total. The van der Waals surface area contributed by atoms with Crippen LogP contribution in [-0.4, -0.2) is 29.3 Å². The van der Waals surface area contributed by atoms with Crippen LogP contribution >= 0.6 is 11.3 Å². The number of carbonyl (C=O) groups excluding carboxylic acids is 2. The molecule has 1 aliphatic heterocycles. The minimum absolute atomic E-state index is 0.0678. The Morgan fingerprint density at radius 2 is 2.33 bits per heavy atom. The molecule has 2 N–H and O–H groups in total. The van der Waals surface area contributed by atoms with Gasteiger partial charge in [-0.1, -0.05) is 6.92 Å². The fourth-order valence-corrected chi connectivity index (χ4v) is 2.64. The van der Waals surface area contributed by atoms with Gasteiger partial charge in [0.05, 0.1) is 10.7 Å². The summed E-state index contributed by atoms with van der Waals surface area (Å²) in [5.74, 6) is -0.263. The Kier molecular flexibility index (Phi) is 3.71. The van der Waals surface area contributed by atoms with E-state index in [2.05, 4.69) is 27.5 Å². The number of aliphatic imine (C=N–C) groups is 1. The molecule has 0 unspecified atom stereocenters. The lowest BCUT2D eigenvalue weighted by molar-refractivity contribution is -0.117. The van der Waals surface area contributed by atoms with E-state index in [1.165, 1.54) is 11.3 Å². The summed E-state index contributed by atoms with van der Waals surface area (Å²) < 4.78 is 0. The lowest BCUT2D eigenvalue weighted by Crippen LogP contribution is -2.39. The van der Waals surface area contributed by atoms with E-state index in [1.54, 1.807) is 6.92 Å². The van der Waals surface area contributed by atoms with Gasteiger partial charge in [0.2, 0.25) is 11.9 Å². The van der Waals surface area contributed by atoms with E-state index < -0.39 is 0 Å². The second-order valence-electron chi connectivity index (χ2n) is 3.94. The Balaban J connectivity index is 2.06. The van der Waals surface area contributed by atoms with Gasteiger partial charge in [0.1, 0.15) is 11.4 Å². The fraction of sp³-hybridized carbons (Fsp3) is 0.455. The first-order chi connectivity index (χ1) is 8.60. The summed E-state index contributed by atoms with van der Waals surface area (Å²) in [7, 11) is 0. The van der Waals surface area contributed by atoms with Crippen LogP contribution in [0.15, 0.2) is 4.99 Å². The molecule has 7 heteroatoms. The van der Waals surface area contributed by atoms with Gasteiger partial charge in [0.25, 0.3) is 5.91 Å². The number of carbonyl (C=O) groups is 2. The Morgan fingerprint density at radius 3 is 2.94 bits per heavy atom. The van der Waals surface area contributed by atoms with Crippen LogP contribution in [0.1, 0.15) is 33.7 Å². The number of hydrogen-bond acceptors (Lipinski definition) is 5. The van der Waals surface area contributed by atoms with E-state index >= 15 is 0 Å². The van der Waals surface area contributed by atoms with Crippen LogP contribution in [0.5, 0.6) is 0 Å². The van der Waals surface area contributed by atoms with Crippen molar-refractivity contribution < 1.29 is 9.59 Å². The average molecular weight is 266 g/mol. The van der Waals surface area contributed by atoms with Gasteiger partial charge in [0, 0.05) is 0 Å². The second kappa shape index (κ2) is 5.26. The number of thiazole rings is 1. The zero-order valence-corrected chi connectivity index (χ0v) is 11.1. The number of amides is 2. The molecule has 0 aromatic carbocycles. The Labute approximate surface area is 109 Å². The van der Waals surface area contributed by atoms with E-state index in [9.17, 15) is 9.59 Å². The first-order valence-electron chi connectivity index (χ1n) is 5.72. The molecule has 0 atom stereocenters. The third kappa shape index (κ3) is 2.73. The van der Waals surface area contributed by atoms with Crippen LogP contribution in [0.2, 0.25) is 0 Å². The van der Waals surface area contributed by atoms with E-state index in [0.29, 0.717) is 10.6 Å². The van der Waals surface area contributed by atoms with Crippen LogP contribution in [0.3, 0.4) is 0 Å². The molecule has 0 radical (unpaired) electrons. The van der Waals surface area contributed by atoms with Gasteiger partial charge in [-0.2, -0.15) is 0 Å². The van der Waals surface area contributed by atoms with Crippen LogP contribution in [0.4, 0.5) is 0 Å². The van der Waals surface area contributed by atoms with Gasteiger partial charge >= 0.3 is 0 Å². The van der Waals surface area contributed by atoms with Crippen molar-refractivity contribution in [1.29, 1.82) is 0 Å². The molecule has 0 bridgehead atoms. The highest BCUT2D eigenvalue weighted by Gasteiger charge is 2.19. The SMILES string of the molecule is CCCc1nc(C)c(C(=O)NC2=NCC(=O)N2)s1. The number of aromatic nitrogens is 1. The lowest BCUT2D eigenvalue weighted by Gasteiger charge is -2.02. The van der Waals surface area contributed by atoms with Crippen LogP contribution in [0.25, 0.3) is 0 Å². The first-order valence-corrected chi connectivity index (χ1v) is 6.53. The summed E-state index contributed by atoms with van der Waals surface area (Å²) in [6, 6.07) is 0. The number of rotatable bonds is 3. The van der Waals surface area contributed by atoms with Crippen molar-refractivity contribution in [3.8, 4) is 0 Å². The van der Waals surface area contributed by atoms with E-state index in [0.717, 1.165) is 17.8 Å². The zero-order chi connectivity index (χ0) is 13.1. The van der Waals surface area contributed by atoms with Gasteiger partial charge in [-0.05, 0) is 19.8 Å². The molecule has 0 spiro atoms. The van der Waals surface area contributed by atoms with Crippen molar-refractivity contribution in [2.75, 3.05) is 6.54 Å². The van der Waals surface area contributed by atoms with Crippen molar-refractivity contribution in [2.24, 2.45) is 4.99 Å². The molecule has 0 fully saturated rings. The molecule has 96 valence electrons. The standard InChI is InChI=1S/C11H14N4O2S/c1-3-4-8-13-6(2)9(18-8)10(17)15-11-12-5-7(16)14-11/h3-5H2,1-2H3,(H2,12,14,15,16,17). The Hall–Kier alpha value is -1.76. The van der Waals surface area contributed by atoms with Crippen molar-refractivity contribution in [3.63, 3.8) is 0 Å². The number of guanidine groups is 1. The highest BCUT2D eigenvalue weighted by atomic mass is 32.1. The molecule has 2 heterocycles. The van der Waals surface area contributed by atoms with Gasteiger partial charge in [-0.15, -0.1) is 11.3 Å². The fourth-order valence-electron chi connectivity index (χ4n) is 1.58. The number of aryl methyl sites for hydroxylation is 2. The van der Waals surface area contributed by atoms with E-state index in [4.69, 9.17) is 0 Å². The van der Waals surface area contributed by atoms with Crippen molar-refractivity contribution >= 4 is 29.1 Å². The summed E-state index contributed by atoms with van der Waals surface area (Å²) in [6.45, 7) is 3.94. The maximum Gasteiger partial charge on any atom is 0.269 e. The quantitative estimate of drug-likeness (QED) is 0.841. The first kappa shape index (κ1) is 12.7. The second-order valence-corrected chi connectivity index (χ2v) is 5.02. The third-order valence-corrected chi connectivity index (χ3v) is 3.60. The molecule has 1 aromatic rings. The van der Waals surface area contributed by atoms with Crippen molar-refractivity contribution in [3.05, 3.63) is 15.6 Å². The van der Waals surface area contributed by atoms with Gasteiger partial charge < -0.3 is 0 Å². The molecule has 2 amide bonds. The normalized spacial score (nSPS) is 14.3. The number of nitrogens with zero attached hydrogens (tertiary/aromatic N) is 2. The third-order valence-electron chi connectivity index (χ3n) is 2.38. The minimum Gasteiger partial charge on any atom is -0.295 e. The van der Waals surface area contributed by atoms with Crippen molar-refractivity contribution in [1.82, 2.24) is 15.6 Å².